The zero-order chi connectivity index (χ0) is 13.5. The average molecular weight is 249 g/mol. The molecule has 1 aromatic heterocycles. The van der Waals surface area contributed by atoms with Gasteiger partial charge < -0.3 is 4.52 Å². The third kappa shape index (κ3) is 2.48. The Bertz CT molecular complexity index is 391. The van der Waals surface area contributed by atoms with Crippen molar-refractivity contribution in [3.05, 3.63) is 17.5 Å². The maximum Gasteiger partial charge on any atom is 0.399 e. The van der Waals surface area contributed by atoms with Crippen molar-refractivity contribution in [1.29, 1.82) is 0 Å². The topological polar surface area (TPSA) is 26.0 Å². The zero-order valence-corrected chi connectivity index (χ0v) is 10.8. The van der Waals surface area contributed by atoms with Crippen LogP contribution >= 0.6 is 0 Å². The molecule has 0 radical (unpaired) electrons. The highest BCUT2D eigenvalue weighted by atomic mass is 19.4. The summed E-state index contributed by atoms with van der Waals surface area (Å²) in [5, 5.41) is 3.57. The molecular formula is C12H18F3NO. The summed E-state index contributed by atoms with van der Waals surface area (Å²) >= 11 is 0. The minimum atomic E-state index is -4.34. The molecular weight excluding hydrogens is 231 g/mol. The second-order valence-electron chi connectivity index (χ2n) is 5.44. The van der Waals surface area contributed by atoms with Crippen molar-refractivity contribution in [1.82, 2.24) is 5.16 Å². The smallest absolute Gasteiger partial charge is 0.361 e. The summed E-state index contributed by atoms with van der Waals surface area (Å²) in [5.74, 6) is 0.493. The van der Waals surface area contributed by atoms with Crippen LogP contribution in [0.2, 0.25) is 0 Å². The molecule has 0 fully saturated rings. The maximum atomic E-state index is 12.8. The highest BCUT2D eigenvalue weighted by Gasteiger charge is 2.50. The molecule has 0 aliphatic rings. The van der Waals surface area contributed by atoms with Gasteiger partial charge in [-0.05, 0) is 20.3 Å². The van der Waals surface area contributed by atoms with Gasteiger partial charge in [-0.3, -0.25) is 0 Å². The Morgan fingerprint density at radius 2 is 1.71 bits per heavy atom. The lowest BCUT2D eigenvalue weighted by atomic mass is 9.84. The molecule has 0 saturated carbocycles. The van der Waals surface area contributed by atoms with Crippen molar-refractivity contribution >= 4 is 0 Å². The molecule has 2 nitrogen and oxygen atoms in total. The first-order valence-corrected chi connectivity index (χ1v) is 5.57. The Labute approximate surface area is 99.2 Å². The van der Waals surface area contributed by atoms with E-state index in [0.717, 1.165) is 20.3 Å². The number of nitrogens with zero attached hydrogens (tertiary/aromatic N) is 1. The van der Waals surface area contributed by atoms with E-state index in [1.807, 2.05) is 20.8 Å². The number of alkyl halides is 3. The molecule has 0 aliphatic carbocycles. The largest absolute Gasteiger partial charge is 0.399 e. The first kappa shape index (κ1) is 14.1. The van der Waals surface area contributed by atoms with E-state index in [4.69, 9.17) is 4.52 Å². The Morgan fingerprint density at radius 3 is 2.12 bits per heavy atom. The van der Waals surface area contributed by atoms with Crippen LogP contribution in [-0.4, -0.2) is 11.3 Å². The Hall–Kier alpha value is -1.00. The van der Waals surface area contributed by atoms with Crippen LogP contribution in [0.1, 0.15) is 52.5 Å². The monoisotopic (exact) mass is 249 g/mol. The molecule has 0 unspecified atom stereocenters. The first-order chi connectivity index (χ1) is 7.52. The summed E-state index contributed by atoms with van der Waals surface area (Å²) in [6.07, 6.45) is -3.56. The van der Waals surface area contributed by atoms with E-state index >= 15 is 0 Å². The molecule has 0 amide bonds. The molecule has 0 saturated heterocycles. The van der Waals surface area contributed by atoms with E-state index in [0.29, 0.717) is 5.76 Å². The van der Waals surface area contributed by atoms with Gasteiger partial charge in [-0.15, -0.1) is 0 Å². The Balaban J connectivity index is 3.12. The molecule has 0 N–H and O–H groups in total. The second-order valence-corrected chi connectivity index (χ2v) is 5.44. The van der Waals surface area contributed by atoms with E-state index in [-0.39, 0.29) is 11.1 Å². The average Bonchev–Trinajstić information content (AvgIpc) is 2.65. The third-order valence-corrected chi connectivity index (χ3v) is 3.41. The first-order valence-electron chi connectivity index (χ1n) is 5.57. The van der Waals surface area contributed by atoms with Crippen molar-refractivity contribution in [3.63, 3.8) is 0 Å². The van der Waals surface area contributed by atoms with Crippen LogP contribution in [0.15, 0.2) is 10.6 Å². The molecule has 0 bridgehead atoms. The molecule has 1 aromatic rings. The van der Waals surface area contributed by atoms with Crippen LogP contribution in [0.25, 0.3) is 0 Å². The van der Waals surface area contributed by atoms with Crippen molar-refractivity contribution in [2.75, 3.05) is 0 Å². The summed E-state index contributed by atoms with van der Waals surface area (Å²) in [7, 11) is 0. The van der Waals surface area contributed by atoms with Crippen molar-refractivity contribution in [3.8, 4) is 0 Å². The van der Waals surface area contributed by atoms with Gasteiger partial charge in [0.05, 0.1) is 5.69 Å². The van der Waals surface area contributed by atoms with Gasteiger partial charge in [-0.25, -0.2) is 0 Å². The van der Waals surface area contributed by atoms with E-state index < -0.39 is 11.6 Å². The molecule has 1 rings (SSSR count). The SMILES string of the molecule is CCC(C)(C)c1cc(C(C)(C)C(F)(F)F)no1. The lowest BCUT2D eigenvalue weighted by molar-refractivity contribution is -0.181. The lowest BCUT2D eigenvalue weighted by Crippen LogP contribution is -2.36. The van der Waals surface area contributed by atoms with Crippen LogP contribution in [0.3, 0.4) is 0 Å². The van der Waals surface area contributed by atoms with Gasteiger partial charge in [0.1, 0.15) is 11.2 Å². The quantitative estimate of drug-likeness (QED) is 0.802. The molecule has 5 heteroatoms. The van der Waals surface area contributed by atoms with E-state index in [1.54, 1.807) is 0 Å². The molecule has 0 aromatic carbocycles. The molecule has 0 atom stereocenters. The van der Waals surface area contributed by atoms with E-state index in [2.05, 4.69) is 5.16 Å². The molecule has 17 heavy (non-hydrogen) atoms. The van der Waals surface area contributed by atoms with Gasteiger partial charge >= 0.3 is 6.18 Å². The highest BCUT2D eigenvalue weighted by Crippen LogP contribution is 2.41. The third-order valence-electron chi connectivity index (χ3n) is 3.41. The maximum absolute atomic E-state index is 12.8. The number of hydrogen-bond acceptors (Lipinski definition) is 2. The van der Waals surface area contributed by atoms with Crippen LogP contribution < -0.4 is 0 Å². The van der Waals surface area contributed by atoms with Gasteiger partial charge in [-0.1, -0.05) is 25.9 Å². The molecule has 98 valence electrons. The fraction of sp³-hybridized carbons (Fsp3) is 0.750. The summed E-state index contributed by atoms with van der Waals surface area (Å²) in [6, 6.07) is 1.41. The predicted molar refractivity (Wildman–Crippen MR) is 58.9 cm³/mol. The van der Waals surface area contributed by atoms with Crippen LogP contribution in [0, 0.1) is 0 Å². The minimum Gasteiger partial charge on any atom is -0.361 e. The second kappa shape index (κ2) is 4.03. The van der Waals surface area contributed by atoms with Gasteiger partial charge in [-0.2, -0.15) is 13.2 Å². The highest BCUT2D eigenvalue weighted by molar-refractivity contribution is 5.21. The van der Waals surface area contributed by atoms with Gasteiger partial charge in [0.2, 0.25) is 0 Å². The number of hydrogen-bond donors (Lipinski definition) is 0. The number of halogens is 3. The summed E-state index contributed by atoms with van der Waals surface area (Å²) < 4.78 is 43.5. The fourth-order valence-corrected chi connectivity index (χ4v) is 1.21. The summed E-state index contributed by atoms with van der Waals surface area (Å²) in [5.41, 5.74) is -2.35. The molecule has 1 heterocycles. The molecule has 0 spiro atoms. The van der Waals surface area contributed by atoms with Crippen LogP contribution in [0.5, 0.6) is 0 Å². The minimum absolute atomic E-state index is 0.0680. The zero-order valence-electron chi connectivity index (χ0n) is 10.8. The summed E-state index contributed by atoms with van der Waals surface area (Å²) in [4.78, 5) is 0. The van der Waals surface area contributed by atoms with E-state index in [9.17, 15) is 13.2 Å². The van der Waals surface area contributed by atoms with Gasteiger partial charge in [0, 0.05) is 11.5 Å². The Morgan fingerprint density at radius 1 is 1.18 bits per heavy atom. The van der Waals surface area contributed by atoms with Gasteiger partial charge in [0.15, 0.2) is 0 Å². The fourth-order valence-electron chi connectivity index (χ4n) is 1.21. The van der Waals surface area contributed by atoms with E-state index in [1.165, 1.54) is 6.07 Å². The van der Waals surface area contributed by atoms with Crippen LogP contribution in [0.4, 0.5) is 13.2 Å². The molecule has 0 aliphatic heterocycles. The standard InChI is InChI=1S/C12H18F3NO/c1-6-10(2,3)9-7-8(16-17-9)11(4,5)12(13,14)15/h7H,6H2,1-5H3. The lowest BCUT2D eigenvalue weighted by Gasteiger charge is -2.25. The summed E-state index contributed by atoms with van der Waals surface area (Å²) in [6.45, 7) is 7.99. The van der Waals surface area contributed by atoms with Crippen molar-refractivity contribution in [2.45, 2.75) is 58.0 Å². The van der Waals surface area contributed by atoms with Crippen molar-refractivity contribution in [2.24, 2.45) is 0 Å². The predicted octanol–water partition coefficient (Wildman–Crippen LogP) is 4.20. The van der Waals surface area contributed by atoms with Crippen LogP contribution in [-0.2, 0) is 10.8 Å². The van der Waals surface area contributed by atoms with Crippen molar-refractivity contribution < 1.29 is 17.7 Å². The number of rotatable bonds is 3. The van der Waals surface area contributed by atoms with Gasteiger partial charge in [0.25, 0.3) is 0 Å². The normalized spacial score (nSPS) is 14.1. The Kier molecular flexibility index (Phi) is 3.34. The number of aromatic nitrogens is 1.